The zero-order valence-corrected chi connectivity index (χ0v) is 29.3. The summed E-state index contributed by atoms with van der Waals surface area (Å²) in [5.74, 6) is 0. The Bertz CT molecular complexity index is 3040. The van der Waals surface area contributed by atoms with E-state index in [1.54, 1.807) is 0 Å². The van der Waals surface area contributed by atoms with Crippen molar-refractivity contribution >= 4 is 110 Å². The van der Waals surface area contributed by atoms with E-state index in [1.165, 1.54) is 64.4 Å². The van der Waals surface area contributed by atoms with Crippen LogP contribution in [0, 0.1) is 0 Å². The van der Waals surface area contributed by atoms with E-state index < -0.39 is 0 Å². The minimum Gasteiger partial charge on any atom is -0.456 e. The normalized spacial score (nSPS) is 14.1. The van der Waals surface area contributed by atoms with E-state index in [1.807, 2.05) is 11.3 Å². The second kappa shape index (κ2) is 11.1. The largest absolute Gasteiger partial charge is 0.456 e. The summed E-state index contributed by atoms with van der Waals surface area (Å²) in [6, 6.07) is 50.9. The van der Waals surface area contributed by atoms with Crippen LogP contribution in [-0.4, -0.2) is 6.71 Å². The van der Waals surface area contributed by atoms with Crippen molar-refractivity contribution in [2.24, 2.45) is 0 Å². The minimum absolute atomic E-state index is 0.0224. The van der Waals surface area contributed by atoms with Gasteiger partial charge in [-0.25, -0.2) is 0 Å². The lowest BCUT2D eigenvalue weighted by Gasteiger charge is -2.44. The van der Waals surface area contributed by atoms with Crippen molar-refractivity contribution in [2.45, 2.75) is 6.92 Å². The second-order valence-electron chi connectivity index (χ2n) is 13.7. The van der Waals surface area contributed by atoms with Gasteiger partial charge in [-0.3, -0.25) is 0 Å². The quantitative estimate of drug-likeness (QED) is 0.172. The number of rotatable bonds is 4. The van der Waals surface area contributed by atoms with Gasteiger partial charge in [-0.1, -0.05) is 85.5 Å². The number of benzene rings is 7. The predicted octanol–water partition coefficient (Wildman–Crippen LogP) is 12.2. The molecular weight excluding hydrogens is 651 g/mol. The van der Waals surface area contributed by atoms with Gasteiger partial charge in [0.05, 0.1) is 0 Å². The number of furan rings is 1. The van der Waals surface area contributed by atoms with Gasteiger partial charge in [0.1, 0.15) is 11.2 Å². The lowest BCUT2D eigenvalue weighted by Crippen LogP contribution is -2.55. The Morgan fingerprint density at radius 1 is 0.596 bits per heavy atom. The number of hydrogen-bond acceptors (Lipinski definition) is 4. The number of fused-ring (bicyclic) bond motifs is 9. The van der Waals surface area contributed by atoms with E-state index in [9.17, 15) is 0 Å². The summed E-state index contributed by atoms with van der Waals surface area (Å²) < 4.78 is 9.06. The van der Waals surface area contributed by atoms with Gasteiger partial charge in [0.2, 0.25) is 0 Å². The molecular formula is C47H31BN2OS. The fourth-order valence-electron chi connectivity index (χ4n) is 8.73. The smallest absolute Gasteiger partial charge is 0.252 e. The van der Waals surface area contributed by atoms with E-state index in [0.29, 0.717) is 0 Å². The van der Waals surface area contributed by atoms with Crippen molar-refractivity contribution in [3.8, 4) is 0 Å². The molecule has 0 aliphatic carbocycles. The Kier molecular flexibility index (Phi) is 6.28. The highest BCUT2D eigenvalue weighted by Crippen LogP contribution is 2.47. The van der Waals surface area contributed by atoms with Crippen LogP contribution >= 0.6 is 11.3 Å². The van der Waals surface area contributed by atoms with Crippen molar-refractivity contribution in [1.82, 2.24) is 0 Å². The molecule has 0 fully saturated rings. The Morgan fingerprint density at radius 2 is 1.27 bits per heavy atom. The van der Waals surface area contributed by atoms with Crippen molar-refractivity contribution < 1.29 is 4.42 Å². The highest BCUT2D eigenvalue weighted by atomic mass is 32.1. The van der Waals surface area contributed by atoms with Crippen LogP contribution < -0.4 is 20.7 Å². The summed E-state index contributed by atoms with van der Waals surface area (Å²) in [6.07, 6.45) is 6.45. The highest BCUT2D eigenvalue weighted by Gasteiger charge is 2.43. The first-order chi connectivity index (χ1) is 25.7. The summed E-state index contributed by atoms with van der Waals surface area (Å²) in [5, 5.41) is 7.21. The molecule has 0 atom stereocenters. The molecule has 9 aromatic rings. The SMILES string of the molecule is C=CC1=C(/C=C\C)N(c2ccc3oc4cc5ccccc5cc4c3c2)c2cccc3c2B1c1ccccc1N3c1ccc2sc3ccccc3c2c1. The van der Waals surface area contributed by atoms with Crippen LogP contribution in [0.3, 0.4) is 0 Å². The number of thiophene rings is 1. The topological polar surface area (TPSA) is 19.6 Å². The number of para-hydroxylation sites is 1. The first-order valence-electron chi connectivity index (χ1n) is 17.8. The number of anilines is 5. The molecule has 244 valence electrons. The number of hydrogen-bond donors (Lipinski definition) is 0. The Balaban J connectivity index is 1.17. The number of nitrogens with zero attached hydrogens (tertiary/aromatic N) is 2. The molecule has 11 rings (SSSR count). The zero-order chi connectivity index (χ0) is 34.5. The van der Waals surface area contributed by atoms with Gasteiger partial charge in [0.15, 0.2) is 0 Å². The van der Waals surface area contributed by atoms with Crippen molar-refractivity contribution in [2.75, 3.05) is 9.80 Å². The molecule has 2 aliphatic heterocycles. The van der Waals surface area contributed by atoms with E-state index in [0.717, 1.165) is 39.0 Å². The predicted molar refractivity (Wildman–Crippen MR) is 224 cm³/mol. The summed E-state index contributed by atoms with van der Waals surface area (Å²) in [6.45, 7) is 6.56. The van der Waals surface area contributed by atoms with Crippen molar-refractivity contribution in [3.05, 3.63) is 176 Å². The van der Waals surface area contributed by atoms with Crippen LogP contribution in [-0.2, 0) is 0 Å². The first-order valence-corrected chi connectivity index (χ1v) is 18.6. The molecule has 0 unspecified atom stereocenters. The van der Waals surface area contributed by atoms with Gasteiger partial charge >= 0.3 is 0 Å². The maximum atomic E-state index is 6.44. The molecule has 2 aromatic heterocycles. The first kappa shape index (κ1) is 29.4. The van der Waals surface area contributed by atoms with Gasteiger partial charge in [-0.2, -0.15) is 0 Å². The molecule has 0 N–H and O–H groups in total. The lowest BCUT2D eigenvalue weighted by atomic mass is 9.33. The average molecular weight is 683 g/mol. The molecule has 7 aromatic carbocycles. The molecule has 0 bridgehead atoms. The monoisotopic (exact) mass is 682 g/mol. The highest BCUT2D eigenvalue weighted by molar-refractivity contribution is 7.25. The van der Waals surface area contributed by atoms with E-state index in [-0.39, 0.29) is 6.71 Å². The van der Waals surface area contributed by atoms with Crippen molar-refractivity contribution in [1.29, 1.82) is 0 Å². The third-order valence-corrected chi connectivity index (χ3v) is 12.1. The maximum Gasteiger partial charge on any atom is 0.252 e. The minimum atomic E-state index is 0.0224. The third kappa shape index (κ3) is 4.08. The van der Waals surface area contributed by atoms with Crippen molar-refractivity contribution in [3.63, 3.8) is 0 Å². The molecule has 0 saturated carbocycles. The summed E-state index contributed by atoms with van der Waals surface area (Å²) in [7, 11) is 0. The maximum absolute atomic E-state index is 6.44. The van der Waals surface area contributed by atoms with E-state index in [4.69, 9.17) is 4.42 Å². The number of allylic oxidation sites excluding steroid dienone is 4. The third-order valence-electron chi connectivity index (χ3n) is 10.9. The Hall–Kier alpha value is -6.30. The second-order valence-corrected chi connectivity index (χ2v) is 14.8. The molecule has 0 radical (unpaired) electrons. The van der Waals surface area contributed by atoms with Crippen LogP contribution in [0.15, 0.2) is 180 Å². The van der Waals surface area contributed by atoms with Gasteiger partial charge in [-0.05, 0) is 113 Å². The van der Waals surface area contributed by atoms with E-state index >= 15 is 0 Å². The molecule has 0 amide bonds. The molecule has 0 saturated heterocycles. The zero-order valence-electron chi connectivity index (χ0n) is 28.5. The average Bonchev–Trinajstić information content (AvgIpc) is 3.74. The van der Waals surface area contributed by atoms with Crippen LogP contribution in [0.1, 0.15) is 6.92 Å². The van der Waals surface area contributed by atoms with Gasteiger partial charge < -0.3 is 14.2 Å². The van der Waals surface area contributed by atoms with Gasteiger partial charge in [0.25, 0.3) is 6.71 Å². The van der Waals surface area contributed by atoms with Crippen LogP contribution in [0.4, 0.5) is 28.4 Å². The van der Waals surface area contributed by atoms with Gasteiger partial charge in [-0.15, -0.1) is 11.3 Å². The fourth-order valence-corrected chi connectivity index (χ4v) is 9.81. The molecule has 5 heteroatoms. The Labute approximate surface area is 305 Å². The molecule has 3 nitrogen and oxygen atoms in total. The molecule has 52 heavy (non-hydrogen) atoms. The summed E-state index contributed by atoms with van der Waals surface area (Å²) in [5.41, 5.74) is 12.4. The molecule has 0 spiro atoms. The van der Waals surface area contributed by atoms with E-state index in [2.05, 4.69) is 181 Å². The fraction of sp³-hybridized carbons (Fsp3) is 0.0213. The van der Waals surface area contributed by atoms with Crippen LogP contribution in [0.2, 0.25) is 0 Å². The standard InChI is InChI=1S/C47H31BN2OS/c1-3-12-39-37(4-2)48-38-16-8-9-17-40(38)50(32-22-24-46-36(28-32)33-15-7-10-20-45(33)52-46)42-19-11-18-41(47(42)48)49(39)31-21-23-43-35(27-31)34-25-29-13-5-6-14-30(29)26-44(34)51-43/h3-28H,2H2,1H3/b12-3-. The molecule has 4 heterocycles. The van der Waals surface area contributed by atoms with Gasteiger partial charge in [0, 0.05) is 65.1 Å². The lowest BCUT2D eigenvalue weighted by molar-refractivity contribution is 0.669. The summed E-state index contributed by atoms with van der Waals surface area (Å²) >= 11 is 1.86. The Morgan fingerprint density at radius 3 is 2.13 bits per heavy atom. The van der Waals surface area contributed by atoms with Crippen LogP contribution in [0.25, 0.3) is 52.9 Å². The molecule has 2 aliphatic rings. The van der Waals surface area contributed by atoms with Crippen LogP contribution in [0.5, 0.6) is 0 Å². The summed E-state index contributed by atoms with van der Waals surface area (Å²) in [4.78, 5) is 4.89.